The van der Waals surface area contributed by atoms with Crippen LogP contribution in [0.1, 0.15) is 0 Å². The van der Waals surface area contributed by atoms with Crippen LogP contribution < -0.4 is 10.0 Å². The molecule has 0 aliphatic rings. The van der Waals surface area contributed by atoms with Gasteiger partial charge in [0.15, 0.2) is 0 Å². The van der Waals surface area contributed by atoms with Crippen LogP contribution in [0, 0.1) is 0 Å². The Bertz CT molecular complexity index is 1060. The molecule has 0 fully saturated rings. The Kier molecular flexibility index (Phi) is 8.02. The number of carbonyl (C=O) groups excluding carboxylic acids is 2. The number of halogens is 1. The van der Waals surface area contributed by atoms with Gasteiger partial charge in [-0.2, -0.15) is 0 Å². The van der Waals surface area contributed by atoms with Gasteiger partial charge in [-0.3, -0.25) is 4.72 Å². The predicted octanol–water partition coefficient (Wildman–Crippen LogP) is 3.34. The predicted molar refractivity (Wildman–Crippen MR) is 114 cm³/mol. The van der Waals surface area contributed by atoms with Crippen LogP contribution in [0.4, 0.5) is 11.4 Å². The van der Waals surface area contributed by atoms with E-state index in [0.29, 0.717) is 16.4 Å². The molecule has 0 saturated heterocycles. The van der Waals surface area contributed by atoms with Crippen LogP contribution >= 0.6 is 11.6 Å². The summed E-state index contributed by atoms with van der Waals surface area (Å²) in [6, 6.07) is 12.1. The van der Waals surface area contributed by atoms with E-state index in [-0.39, 0.29) is 10.5 Å². The van der Waals surface area contributed by atoms with Gasteiger partial charge in [-0.25, -0.2) is 18.0 Å². The van der Waals surface area contributed by atoms with E-state index in [9.17, 15) is 18.0 Å². The van der Waals surface area contributed by atoms with Gasteiger partial charge in [0.05, 0.1) is 24.7 Å². The molecule has 0 unspecified atom stereocenters. The number of carbonyl (C=O) groups is 2. The molecule has 0 aliphatic heterocycles. The molecule has 0 heterocycles. The minimum Gasteiger partial charge on any atom is -0.466 e. The zero-order valence-electron chi connectivity index (χ0n) is 16.1. The van der Waals surface area contributed by atoms with E-state index in [1.165, 1.54) is 50.8 Å². The summed E-state index contributed by atoms with van der Waals surface area (Å²) in [6.07, 6.45) is 3.63. The highest BCUT2D eigenvalue weighted by atomic mass is 35.5. The molecule has 0 bridgehead atoms. The number of sulfonamides is 1. The number of rotatable bonds is 8. The Morgan fingerprint density at radius 3 is 2.07 bits per heavy atom. The summed E-state index contributed by atoms with van der Waals surface area (Å²) < 4.78 is 36.5. The summed E-state index contributed by atoms with van der Waals surface area (Å²) in [4.78, 5) is 23.0. The SMILES string of the molecule is COC(=O)/C=C/C(=C/Nc1ccc(S(=O)(=O)Nc2ccc(Cl)cc2)cc1)C(=O)OC. The maximum Gasteiger partial charge on any atom is 0.339 e. The molecule has 0 spiro atoms. The second-order valence-electron chi connectivity index (χ2n) is 5.73. The van der Waals surface area contributed by atoms with Crippen molar-refractivity contribution in [2.45, 2.75) is 4.90 Å². The van der Waals surface area contributed by atoms with Gasteiger partial charge in [-0.05, 0) is 54.6 Å². The van der Waals surface area contributed by atoms with Gasteiger partial charge < -0.3 is 14.8 Å². The molecular formula is C20H19ClN2O6S. The lowest BCUT2D eigenvalue weighted by atomic mass is 10.2. The maximum atomic E-state index is 12.5. The van der Waals surface area contributed by atoms with Gasteiger partial charge in [0.25, 0.3) is 10.0 Å². The van der Waals surface area contributed by atoms with Crippen molar-refractivity contribution in [2.75, 3.05) is 24.3 Å². The highest BCUT2D eigenvalue weighted by Gasteiger charge is 2.14. The van der Waals surface area contributed by atoms with Crippen molar-refractivity contribution in [3.63, 3.8) is 0 Å². The summed E-state index contributed by atoms with van der Waals surface area (Å²) >= 11 is 5.80. The van der Waals surface area contributed by atoms with E-state index in [1.54, 1.807) is 24.3 Å². The second-order valence-corrected chi connectivity index (χ2v) is 7.85. The van der Waals surface area contributed by atoms with Crippen LogP contribution in [0.5, 0.6) is 0 Å². The number of ether oxygens (including phenoxy) is 2. The zero-order chi connectivity index (χ0) is 22.1. The molecule has 158 valence electrons. The summed E-state index contributed by atoms with van der Waals surface area (Å²) in [6.45, 7) is 0. The number of hydrogen-bond acceptors (Lipinski definition) is 7. The largest absolute Gasteiger partial charge is 0.466 e. The van der Waals surface area contributed by atoms with Crippen LogP contribution in [0.15, 0.2) is 77.4 Å². The Balaban J connectivity index is 2.14. The minimum absolute atomic E-state index is 0.0470. The zero-order valence-corrected chi connectivity index (χ0v) is 17.7. The summed E-state index contributed by atoms with van der Waals surface area (Å²) in [5.74, 6) is -1.30. The van der Waals surface area contributed by atoms with Crippen LogP contribution in [-0.4, -0.2) is 34.6 Å². The molecule has 0 aliphatic carbocycles. The number of methoxy groups -OCH3 is 2. The number of esters is 2. The summed E-state index contributed by atoms with van der Waals surface area (Å²) in [7, 11) is -1.37. The lowest BCUT2D eigenvalue weighted by molar-refractivity contribution is -0.135. The first-order valence-corrected chi connectivity index (χ1v) is 10.3. The van der Waals surface area contributed by atoms with E-state index in [2.05, 4.69) is 19.5 Å². The lowest BCUT2D eigenvalue weighted by Crippen LogP contribution is -2.12. The average molecular weight is 451 g/mol. The number of nitrogens with one attached hydrogen (secondary N) is 2. The molecule has 2 aromatic carbocycles. The first kappa shape index (κ1) is 23.0. The van der Waals surface area contributed by atoms with E-state index >= 15 is 0 Å². The molecule has 0 radical (unpaired) electrons. The molecule has 0 saturated carbocycles. The van der Waals surface area contributed by atoms with Gasteiger partial charge in [-0.15, -0.1) is 0 Å². The number of anilines is 2. The van der Waals surface area contributed by atoms with E-state index in [0.717, 1.165) is 6.08 Å². The third-order valence-electron chi connectivity index (χ3n) is 3.68. The first-order chi connectivity index (χ1) is 14.2. The van der Waals surface area contributed by atoms with Gasteiger partial charge in [0.2, 0.25) is 0 Å². The summed E-state index contributed by atoms with van der Waals surface area (Å²) in [5, 5.41) is 3.33. The van der Waals surface area contributed by atoms with Gasteiger partial charge >= 0.3 is 11.9 Å². The lowest BCUT2D eigenvalue weighted by Gasteiger charge is -2.09. The van der Waals surface area contributed by atoms with Gasteiger partial charge in [-0.1, -0.05) is 11.6 Å². The second kappa shape index (κ2) is 10.5. The van der Waals surface area contributed by atoms with Crippen molar-refractivity contribution in [1.29, 1.82) is 0 Å². The summed E-state index contributed by atoms with van der Waals surface area (Å²) in [5.41, 5.74) is 0.946. The maximum absolute atomic E-state index is 12.5. The highest BCUT2D eigenvalue weighted by molar-refractivity contribution is 7.92. The molecule has 0 aromatic heterocycles. The van der Waals surface area contributed by atoms with E-state index in [4.69, 9.17) is 11.6 Å². The van der Waals surface area contributed by atoms with Crippen molar-refractivity contribution >= 4 is 44.9 Å². The Morgan fingerprint density at radius 1 is 0.900 bits per heavy atom. The van der Waals surface area contributed by atoms with Crippen LogP contribution in [0.25, 0.3) is 0 Å². The average Bonchev–Trinajstić information content (AvgIpc) is 2.74. The van der Waals surface area contributed by atoms with Crippen molar-refractivity contribution < 1.29 is 27.5 Å². The van der Waals surface area contributed by atoms with Gasteiger partial charge in [0, 0.05) is 28.7 Å². The third kappa shape index (κ3) is 6.64. The van der Waals surface area contributed by atoms with E-state index < -0.39 is 22.0 Å². The molecular weight excluding hydrogens is 432 g/mol. The normalized spacial score (nSPS) is 11.8. The van der Waals surface area contributed by atoms with Crippen LogP contribution in [0.3, 0.4) is 0 Å². The molecule has 10 heteroatoms. The van der Waals surface area contributed by atoms with Crippen LogP contribution in [-0.2, 0) is 29.1 Å². The smallest absolute Gasteiger partial charge is 0.339 e. The number of hydrogen-bond donors (Lipinski definition) is 2. The Labute approximate surface area is 179 Å². The Morgan fingerprint density at radius 2 is 1.50 bits per heavy atom. The fourth-order valence-electron chi connectivity index (χ4n) is 2.14. The molecule has 8 nitrogen and oxygen atoms in total. The van der Waals surface area contributed by atoms with Crippen molar-refractivity contribution in [2.24, 2.45) is 0 Å². The van der Waals surface area contributed by atoms with E-state index in [1.807, 2.05) is 0 Å². The monoisotopic (exact) mass is 450 g/mol. The van der Waals surface area contributed by atoms with Crippen LogP contribution in [0.2, 0.25) is 5.02 Å². The molecule has 2 N–H and O–H groups in total. The van der Waals surface area contributed by atoms with Crippen molar-refractivity contribution in [3.8, 4) is 0 Å². The van der Waals surface area contributed by atoms with Crippen molar-refractivity contribution in [3.05, 3.63) is 77.5 Å². The quantitative estimate of drug-likeness (QED) is 0.360. The molecule has 0 amide bonds. The van der Waals surface area contributed by atoms with Gasteiger partial charge in [0.1, 0.15) is 0 Å². The fraction of sp³-hybridized carbons (Fsp3) is 0.100. The minimum atomic E-state index is -3.79. The molecule has 30 heavy (non-hydrogen) atoms. The van der Waals surface area contributed by atoms with Crippen molar-refractivity contribution in [1.82, 2.24) is 0 Å². The molecule has 2 rings (SSSR count). The molecule has 2 aromatic rings. The standard InChI is InChI=1S/C20H19ClN2O6S/c1-28-19(24)12-3-14(20(25)29-2)13-22-16-8-10-18(11-9-16)30(26,27)23-17-6-4-15(21)5-7-17/h3-13,22-23H,1-2H3/b12-3+,14-13-. The topological polar surface area (TPSA) is 111 Å². The first-order valence-electron chi connectivity index (χ1n) is 8.44. The highest BCUT2D eigenvalue weighted by Crippen LogP contribution is 2.20. The molecule has 0 atom stereocenters. The fourth-order valence-corrected chi connectivity index (χ4v) is 3.33. The number of benzene rings is 2. The third-order valence-corrected chi connectivity index (χ3v) is 5.33. The Hall–Kier alpha value is -3.30.